The Hall–Kier alpha value is -2.00. The van der Waals surface area contributed by atoms with Crippen molar-refractivity contribution >= 4 is 11.4 Å². The summed E-state index contributed by atoms with van der Waals surface area (Å²) in [6.07, 6.45) is 2.37. The SMILES string of the molecule is CN1CCC2(CC1)CN(c1ccccc1)c1cc(O)ccc12. The zero-order valence-corrected chi connectivity index (χ0v) is 13.0. The van der Waals surface area contributed by atoms with Crippen LogP contribution in [0.25, 0.3) is 0 Å². The summed E-state index contributed by atoms with van der Waals surface area (Å²) in [4.78, 5) is 4.79. The van der Waals surface area contributed by atoms with Crippen molar-refractivity contribution in [3.63, 3.8) is 0 Å². The molecule has 0 bridgehead atoms. The van der Waals surface area contributed by atoms with E-state index in [0.29, 0.717) is 5.75 Å². The van der Waals surface area contributed by atoms with Gasteiger partial charge < -0.3 is 14.9 Å². The van der Waals surface area contributed by atoms with Crippen molar-refractivity contribution in [3.8, 4) is 5.75 Å². The van der Waals surface area contributed by atoms with E-state index in [1.165, 1.54) is 29.8 Å². The molecule has 2 aromatic rings. The Morgan fingerprint density at radius 1 is 1.00 bits per heavy atom. The highest BCUT2D eigenvalue weighted by molar-refractivity contribution is 5.74. The molecule has 0 aliphatic carbocycles. The lowest BCUT2D eigenvalue weighted by Gasteiger charge is -2.38. The molecule has 3 nitrogen and oxygen atoms in total. The summed E-state index contributed by atoms with van der Waals surface area (Å²) in [7, 11) is 2.20. The molecule has 4 rings (SSSR count). The fourth-order valence-electron chi connectivity index (χ4n) is 3.98. The van der Waals surface area contributed by atoms with Crippen LogP contribution in [-0.2, 0) is 5.41 Å². The first-order valence-electron chi connectivity index (χ1n) is 8.03. The van der Waals surface area contributed by atoms with Gasteiger partial charge in [-0.2, -0.15) is 0 Å². The Kier molecular flexibility index (Phi) is 3.12. The number of phenols is 1. The van der Waals surface area contributed by atoms with Crippen LogP contribution < -0.4 is 4.90 Å². The van der Waals surface area contributed by atoms with E-state index in [0.717, 1.165) is 19.6 Å². The molecule has 2 aromatic carbocycles. The Morgan fingerprint density at radius 2 is 1.73 bits per heavy atom. The van der Waals surface area contributed by atoms with Crippen molar-refractivity contribution in [3.05, 3.63) is 54.1 Å². The zero-order valence-electron chi connectivity index (χ0n) is 13.0. The molecule has 0 aromatic heterocycles. The molecular weight excluding hydrogens is 272 g/mol. The molecule has 1 N–H and O–H groups in total. The molecular formula is C19H22N2O. The number of benzene rings is 2. The van der Waals surface area contributed by atoms with Crippen LogP contribution in [0.3, 0.4) is 0 Å². The third kappa shape index (κ3) is 2.08. The summed E-state index contributed by atoms with van der Waals surface area (Å²) < 4.78 is 0. The average Bonchev–Trinajstić information content (AvgIpc) is 2.85. The smallest absolute Gasteiger partial charge is 0.117 e. The van der Waals surface area contributed by atoms with Crippen LogP contribution in [0.5, 0.6) is 5.75 Å². The summed E-state index contributed by atoms with van der Waals surface area (Å²) in [5.41, 5.74) is 4.02. The van der Waals surface area contributed by atoms with E-state index in [4.69, 9.17) is 0 Å². The van der Waals surface area contributed by atoms with Crippen LogP contribution in [0.15, 0.2) is 48.5 Å². The van der Waals surface area contributed by atoms with Gasteiger partial charge in [-0.15, -0.1) is 0 Å². The first-order chi connectivity index (χ1) is 10.7. The van der Waals surface area contributed by atoms with Crippen LogP contribution >= 0.6 is 0 Å². The van der Waals surface area contributed by atoms with Crippen molar-refractivity contribution in [1.82, 2.24) is 4.90 Å². The normalized spacial score (nSPS) is 20.3. The van der Waals surface area contributed by atoms with Crippen molar-refractivity contribution in [2.24, 2.45) is 0 Å². The third-order valence-corrected chi connectivity index (χ3v) is 5.32. The minimum Gasteiger partial charge on any atom is -0.508 e. The zero-order chi connectivity index (χ0) is 15.2. The molecule has 3 heteroatoms. The number of aromatic hydroxyl groups is 1. The quantitative estimate of drug-likeness (QED) is 0.872. The monoisotopic (exact) mass is 294 g/mol. The minimum absolute atomic E-state index is 0.228. The number of rotatable bonds is 1. The molecule has 2 aliphatic heterocycles. The lowest BCUT2D eigenvalue weighted by Crippen LogP contribution is -2.43. The second-order valence-corrected chi connectivity index (χ2v) is 6.71. The standard InChI is InChI=1S/C19H22N2O/c1-20-11-9-19(10-12-20)14-21(15-5-3-2-4-6-15)18-13-16(22)7-8-17(18)19/h2-8,13,22H,9-12,14H2,1H3. The highest BCUT2D eigenvalue weighted by Crippen LogP contribution is 2.50. The first-order valence-corrected chi connectivity index (χ1v) is 8.03. The summed E-state index contributed by atoms with van der Waals surface area (Å²) in [5, 5.41) is 9.96. The van der Waals surface area contributed by atoms with E-state index in [2.05, 4.69) is 47.2 Å². The van der Waals surface area contributed by atoms with Crippen molar-refractivity contribution in [2.75, 3.05) is 31.6 Å². The number of anilines is 2. The number of nitrogens with zero attached hydrogens (tertiary/aromatic N) is 2. The van der Waals surface area contributed by atoms with E-state index < -0.39 is 0 Å². The molecule has 22 heavy (non-hydrogen) atoms. The van der Waals surface area contributed by atoms with Gasteiger partial charge in [0.2, 0.25) is 0 Å². The van der Waals surface area contributed by atoms with Gasteiger partial charge in [-0.05, 0) is 56.7 Å². The number of likely N-dealkylation sites (tertiary alicyclic amines) is 1. The molecule has 1 spiro atoms. The molecule has 2 heterocycles. The topological polar surface area (TPSA) is 26.7 Å². The van der Waals surface area contributed by atoms with Gasteiger partial charge in [-0.3, -0.25) is 0 Å². The Morgan fingerprint density at radius 3 is 2.45 bits per heavy atom. The molecule has 0 atom stereocenters. The van der Waals surface area contributed by atoms with Crippen molar-refractivity contribution in [2.45, 2.75) is 18.3 Å². The van der Waals surface area contributed by atoms with Gasteiger partial charge in [-0.25, -0.2) is 0 Å². The van der Waals surface area contributed by atoms with Crippen LogP contribution in [0.1, 0.15) is 18.4 Å². The maximum absolute atomic E-state index is 9.96. The van der Waals surface area contributed by atoms with Crippen LogP contribution in [-0.4, -0.2) is 36.7 Å². The molecule has 2 aliphatic rings. The Labute approximate surface area is 131 Å². The second kappa shape index (κ2) is 5.03. The molecule has 0 radical (unpaired) electrons. The van der Waals surface area contributed by atoms with Gasteiger partial charge in [0, 0.05) is 29.4 Å². The minimum atomic E-state index is 0.228. The third-order valence-electron chi connectivity index (χ3n) is 5.32. The summed E-state index contributed by atoms with van der Waals surface area (Å²) in [6, 6.07) is 16.4. The number of hydrogen-bond acceptors (Lipinski definition) is 3. The van der Waals surface area contributed by atoms with Gasteiger partial charge in [0.25, 0.3) is 0 Å². The van der Waals surface area contributed by atoms with Gasteiger partial charge in [0.1, 0.15) is 5.75 Å². The summed E-state index contributed by atoms with van der Waals surface area (Å²) in [5.74, 6) is 0.352. The highest BCUT2D eigenvalue weighted by Gasteiger charge is 2.44. The van der Waals surface area contributed by atoms with E-state index in [-0.39, 0.29) is 5.41 Å². The van der Waals surface area contributed by atoms with E-state index in [1.54, 1.807) is 0 Å². The number of piperidine rings is 1. The number of hydrogen-bond donors (Lipinski definition) is 1. The van der Waals surface area contributed by atoms with E-state index in [9.17, 15) is 5.11 Å². The van der Waals surface area contributed by atoms with Gasteiger partial charge in [0.15, 0.2) is 0 Å². The van der Waals surface area contributed by atoms with Crippen molar-refractivity contribution in [1.29, 1.82) is 0 Å². The molecule has 0 amide bonds. The molecule has 0 unspecified atom stereocenters. The molecule has 114 valence electrons. The lowest BCUT2D eigenvalue weighted by molar-refractivity contribution is 0.198. The number of fused-ring (bicyclic) bond motifs is 2. The largest absolute Gasteiger partial charge is 0.508 e. The number of para-hydroxylation sites is 1. The summed E-state index contributed by atoms with van der Waals surface area (Å²) in [6.45, 7) is 3.30. The lowest BCUT2D eigenvalue weighted by atomic mass is 9.74. The maximum Gasteiger partial charge on any atom is 0.117 e. The van der Waals surface area contributed by atoms with Gasteiger partial charge in [-0.1, -0.05) is 24.3 Å². The molecule has 0 saturated carbocycles. The highest BCUT2D eigenvalue weighted by atomic mass is 16.3. The Balaban J connectivity index is 1.80. The maximum atomic E-state index is 9.96. The van der Waals surface area contributed by atoms with Crippen molar-refractivity contribution < 1.29 is 5.11 Å². The number of phenolic OH excluding ortho intramolecular Hbond substituents is 1. The Bertz CT molecular complexity index is 675. The predicted molar refractivity (Wildman–Crippen MR) is 90.0 cm³/mol. The van der Waals surface area contributed by atoms with Crippen LogP contribution in [0.4, 0.5) is 11.4 Å². The fraction of sp³-hybridized carbons (Fsp3) is 0.368. The van der Waals surface area contributed by atoms with Crippen LogP contribution in [0, 0.1) is 0 Å². The predicted octanol–water partition coefficient (Wildman–Crippen LogP) is 3.51. The fourth-order valence-corrected chi connectivity index (χ4v) is 3.98. The summed E-state index contributed by atoms with van der Waals surface area (Å²) >= 11 is 0. The average molecular weight is 294 g/mol. The first kappa shape index (κ1) is 13.6. The molecule has 1 fully saturated rings. The second-order valence-electron chi connectivity index (χ2n) is 6.71. The van der Waals surface area contributed by atoms with E-state index in [1.807, 2.05) is 18.2 Å². The van der Waals surface area contributed by atoms with E-state index >= 15 is 0 Å². The van der Waals surface area contributed by atoms with Gasteiger partial charge in [0.05, 0.1) is 0 Å². The molecule has 1 saturated heterocycles. The van der Waals surface area contributed by atoms with Crippen LogP contribution in [0.2, 0.25) is 0 Å². The van der Waals surface area contributed by atoms with Gasteiger partial charge >= 0.3 is 0 Å².